The van der Waals surface area contributed by atoms with E-state index in [4.69, 9.17) is 4.74 Å². The van der Waals surface area contributed by atoms with E-state index >= 15 is 0 Å². The van der Waals surface area contributed by atoms with Gasteiger partial charge in [-0.25, -0.2) is 4.79 Å². The Hall–Kier alpha value is -1.51. The Morgan fingerprint density at radius 1 is 1.47 bits per heavy atom. The molecule has 0 fully saturated rings. The van der Waals surface area contributed by atoms with Crippen molar-refractivity contribution in [2.45, 2.75) is 26.7 Å². The highest BCUT2D eigenvalue weighted by Gasteiger charge is 2.08. The topological polar surface area (TPSA) is 46.5 Å². The van der Waals surface area contributed by atoms with Gasteiger partial charge >= 0.3 is 5.97 Å². The molecule has 15 heavy (non-hydrogen) atoms. The average molecular weight is 208 g/mol. The fraction of sp³-hybridized carbons (Fsp3) is 0.417. The van der Waals surface area contributed by atoms with Crippen LogP contribution in [0.15, 0.2) is 18.2 Å². The molecule has 0 saturated carbocycles. The lowest BCUT2D eigenvalue weighted by Crippen LogP contribution is -2.06. The Kier molecular flexibility index (Phi) is 4.16. The van der Waals surface area contributed by atoms with Crippen LogP contribution in [0.1, 0.15) is 35.7 Å². The Morgan fingerprint density at radius 3 is 2.80 bits per heavy atom. The quantitative estimate of drug-likeness (QED) is 0.611. The summed E-state index contributed by atoms with van der Waals surface area (Å²) in [6.45, 7) is 4.25. The van der Waals surface area contributed by atoms with Crippen molar-refractivity contribution in [3.8, 4) is 5.75 Å². The van der Waals surface area contributed by atoms with Crippen molar-refractivity contribution >= 4 is 5.97 Å². The van der Waals surface area contributed by atoms with Crippen LogP contribution in [0.3, 0.4) is 0 Å². The van der Waals surface area contributed by atoms with Crippen molar-refractivity contribution in [2.75, 3.05) is 6.61 Å². The summed E-state index contributed by atoms with van der Waals surface area (Å²) in [5.41, 5.74) is 1.15. The van der Waals surface area contributed by atoms with E-state index in [1.165, 1.54) is 6.07 Å². The Balaban J connectivity index is 2.62. The predicted octanol–water partition coefficient (Wildman–Crippen LogP) is 2.66. The lowest BCUT2D eigenvalue weighted by molar-refractivity contribution is 0.0499. The molecule has 1 rings (SSSR count). The molecule has 0 aliphatic heterocycles. The van der Waals surface area contributed by atoms with Gasteiger partial charge in [0.2, 0.25) is 0 Å². The molecule has 0 heterocycles. The summed E-state index contributed by atoms with van der Waals surface area (Å²) >= 11 is 0. The first-order chi connectivity index (χ1) is 7.15. The number of carbonyl (C=O) groups is 1. The Morgan fingerprint density at radius 2 is 2.20 bits per heavy atom. The van der Waals surface area contributed by atoms with E-state index in [9.17, 15) is 9.90 Å². The molecule has 1 aromatic carbocycles. The number of unbranched alkanes of at least 4 members (excludes halogenated alkanes) is 1. The molecular weight excluding hydrogens is 192 g/mol. The maximum absolute atomic E-state index is 11.4. The Labute approximate surface area is 89.7 Å². The molecule has 3 heteroatoms. The molecule has 0 amide bonds. The van der Waals surface area contributed by atoms with Crippen LogP contribution in [0.25, 0.3) is 0 Å². The first-order valence-corrected chi connectivity index (χ1v) is 5.12. The average Bonchev–Trinajstić information content (AvgIpc) is 2.22. The molecule has 0 radical (unpaired) electrons. The monoisotopic (exact) mass is 208 g/mol. The SMILES string of the molecule is CCCCOC(=O)c1ccc(C)c(O)c1. The maximum Gasteiger partial charge on any atom is 0.338 e. The maximum atomic E-state index is 11.4. The fourth-order valence-corrected chi connectivity index (χ4v) is 1.13. The smallest absolute Gasteiger partial charge is 0.338 e. The third kappa shape index (κ3) is 3.27. The number of aromatic hydroxyl groups is 1. The number of esters is 1. The third-order valence-electron chi connectivity index (χ3n) is 2.18. The summed E-state index contributed by atoms with van der Waals surface area (Å²) in [6, 6.07) is 4.79. The predicted molar refractivity (Wildman–Crippen MR) is 58.0 cm³/mol. The third-order valence-corrected chi connectivity index (χ3v) is 2.18. The first kappa shape index (κ1) is 11.6. The molecule has 0 spiro atoms. The number of rotatable bonds is 4. The minimum absolute atomic E-state index is 0.125. The summed E-state index contributed by atoms with van der Waals surface area (Å²) in [5.74, 6) is -0.251. The fourth-order valence-electron chi connectivity index (χ4n) is 1.13. The van der Waals surface area contributed by atoms with Crippen molar-refractivity contribution in [2.24, 2.45) is 0 Å². The molecule has 0 aliphatic rings. The minimum atomic E-state index is -0.376. The van der Waals surface area contributed by atoms with E-state index in [1.807, 2.05) is 6.92 Å². The van der Waals surface area contributed by atoms with E-state index in [1.54, 1.807) is 19.1 Å². The van der Waals surface area contributed by atoms with E-state index in [0.29, 0.717) is 12.2 Å². The van der Waals surface area contributed by atoms with Gasteiger partial charge in [0.05, 0.1) is 12.2 Å². The highest BCUT2D eigenvalue weighted by Crippen LogP contribution is 2.17. The number of carbonyl (C=O) groups excluding carboxylic acids is 1. The van der Waals surface area contributed by atoms with E-state index in [-0.39, 0.29) is 11.7 Å². The van der Waals surface area contributed by atoms with Crippen LogP contribution in [0.2, 0.25) is 0 Å². The van der Waals surface area contributed by atoms with Gasteiger partial charge < -0.3 is 9.84 Å². The summed E-state index contributed by atoms with van der Waals surface area (Å²) in [5, 5.41) is 9.41. The van der Waals surface area contributed by atoms with Gasteiger partial charge in [-0.1, -0.05) is 19.4 Å². The van der Waals surface area contributed by atoms with Gasteiger partial charge in [-0.2, -0.15) is 0 Å². The zero-order chi connectivity index (χ0) is 11.3. The van der Waals surface area contributed by atoms with Crippen LogP contribution in [0.5, 0.6) is 5.75 Å². The molecule has 0 saturated heterocycles. The highest BCUT2D eigenvalue weighted by molar-refractivity contribution is 5.90. The second kappa shape index (κ2) is 5.39. The molecular formula is C12H16O3. The summed E-state index contributed by atoms with van der Waals surface area (Å²) in [7, 11) is 0. The van der Waals surface area contributed by atoms with Gasteiger partial charge in [-0.15, -0.1) is 0 Å². The van der Waals surface area contributed by atoms with Crippen molar-refractivity contribution in [1.82, 2.24) is 0 Å². The summed E-state index contributed by atoms with van der Waals surface area (Å²) in [4.78, 5) is 11.4. The van der Waals surface area contributed by atoms with Crippen LogP contribution in [0, 0.1) is 6.92 Å². The number of hydrogen-bond donors (Lipinski definition) is 1. The van der Waals surface area contributed by atoms with E-state index in [0.717, 1.165) is 18.4 Å². The number of benzene rings is 1. The number of phenolic OH excluding ortho intramolecular Hbond substituents is 1. The summed E-state index contributed by atoms with van der Waals surface area (Å²) < 4.78 is 5.01. The Bertz CT molecular complexity index is 345. The molecule has 1 N–H and O–H groups in total. The lowest BCUT2D eigenvalue weighted by atomic mass is 10.1. The highest BCUT2D eigenvalue weighted by atomic mass is 16.5. The molecule has 0 bridgehead atoms. The van der Waals surface area contributed by atoms with Crippen LogP contribution in [0.4, 0.5) is 0 Å². The second-order valence-corrected chi connectivity index (χ2v) is 3.49. The normalized spacial score (nSPS) is 10.0. The van der Waals surface area contributed by atoms with E-state index < -0.39 is 0 Å². The molecule has 0 unspecified atom stereocenters. The first-order valence-electron chi connectivity index (χ1n) is 5.12. The molecule has 3 nitrogen and oxygen atoms in total. The summed E-state index contributed by atoms with van der Waals surface area (Å²) in [6.07, 6.45) is 1.86. The van der Waals surface area contributed by atoms with Crippen LogP contribution >= 0.6 is 0 Å². The number of aryl methyl sites for hydroxylation is 1. The van der Waals surface area contributed by atoms with Gasteiger partial charge in [0.1, 0.15) is 5.75 Å². The molecule has 0 atom stereocenters. The number of ether oxygens (including phenoxy) is 1. The van der Waals surface area contributed by atoms with Crippen LogP contribution in [-0.2, 0) is 4.74 Å². The van der Waals surface area contributed by atoms with Crippen molar-refractivity contribution in [3.05, 3.63) is 29.3 Å². The standard InChI is InChI=1S/C12H16O3/c1-3-4-7-15-12(14)10-6-5-9(2)11(13)8-10/h5-6,8,13H,3-4,7H2,1-2H3. The number of hydrogen-bond acceptors (Lipinski definition) is 3. The van der Waals surface area contributed by atoms with Gasteiger partial charge in [-0.05, 0) is 31.0 Å². The molecule has 1 aromatic rings. The number of phenols is 1. The van der Waals surface area contributed by atoms with Crippen LogP contribution in [-0.4, -0.2) is 17.7 Å². The molecule has 0 aromatic heterocycles. The minimum Gasteiger partial charge on any atom is -0.508 e. The van der Waals surface area contributed by atoms with Crippen LogP contribution < -0.4 is 0 Å². The zero-order valence-electron chi connectivity index (χ0n) is 9.12. The van der Waals surface area contributed by atoms with Gasteiger partial charge in [0.15, 0.2) is 0 Å². The van der Waals surface area contributed by atoms with E-state index in [2.05, 4.69) is 0 Å². The molecule has 0 aliphatic carbocycles. The van der Waals surface area contributed by atoms with Gasteiger partial charge in [0.25, 0.3) is 0 Å². The van der Waals surface area contributed by atoms with Crippen molar-refractivity contribution in [3.63, 3.8) is 0 Å². The zero-order valence-corrected chi connectivity index (χ0v) is 9.12. The molecule has 82 valence electrons. The largest absolute Gasteiger partial charge is 0.508 e. The van der Waals surface area contributed by atoms with Gasteiger partial charge in [0, 0.05) is 0 Å². The van der Waals surface area contributed by atoms with Gasteiger partial charge in [-0.3, -0.25) is 0 Å². The van der Waals surface area contributed by atoms with Crippen molar-refractivity contribution < 1.29 is 14.6 Å². The second-order valence-electron chi connectivity index (χ2n) is 3.49. The lowest BCUT2D eigenvalue weighted by Gasteiger charge is -2.05. The van der Waals surface area contributed by atoms with Crippen molar-refractivity contribution in [1.29, 1.82) is 0 Å².